The van der Waals surface area contributed by atoms with Crippen LogP contribution in [-0.4, -0.2) is 0 Å². The number of rotatable bonds is 10. The molecule has 3 nitrogen and oxygen atoms in total. The first kappa shape index (κ1) is 42.7. The summed E-state index contributed by atoms with van der Waals surface area (Å²) in [5.41, 5.74) is 20.8. The van der Waals surface area contributed by atoms with Crippen LogP contribution in [0.1, 0.15) is 86.9 Å². The number of aryl methyl sites for hydroxylation is 4. The van der Waals surface area contributed by atoms with E-state index in [2.05, 4.69) is 230 Å². The lowest BCUT2D eigenvalue weighted by molar-refractivity contribution is 0.686. The van der Waals surface area contributed by atoms with Crippen molar-refractivity contribution in [2.75, 3.05) is 9.80 Å². The summed E-state index contributed by atoms with van der Waals surface area (Å²) >= 11 is 0. The van der Waals surface area contributed by atoms with Crippen molar-refractivity contribution in [2.24, 2.45) is 0 Å². The first-order valence-electron chi connectivity index (χ1n) is 24.4. The Morgan fingerprint density at radius 3 is 1.32 bits per heavy atom. The zero-order valence-corrected chi connectivity index (χ0v) is 39.1. The van der Waals surface area contributed by atoms with E-state index in [1.807, 2.05) is 0 Å². The highest BCUT2D eigenvalue weighted by molar-refractivity contribution is 6.05. The van der Waals surface area contributed by atoms with Crippen molar-refractivity contribution in [1.82, 2.24) is 0 Å². The molecule has 3 heteroatoms. The van der Waals surface area contributed by atoms with Crippen LogP contribution < -0.4 is 9.80 Å². The van der Waals surface area contributed by atoms with Gasteiger partial charge in [0.25, 0.3) is 0 Å². The molecule has 0 radical (unpaired) electrons. The van der Waals surface area contributed by atoms with Gasteiger partial charge in [0.2, 0.25) is 0 Å². The molecule has 0 unspecified atom stereocenters. The fourth-order valence-electron chi connectivity index (χ4n) is 10.5. The molecule has 0 heterocycles. The van der Waals surface area contributed by atoms with Gasteiger partial charge in [-0.05, 0) is 199 Å². The molecule has 0 N–H and O–H groups in total. The van der Waals surface area contributed by atoms with E-state index in [0.29, 0.717) is 5.56 Å². The number of nitrogens with zero attached hydrogens (tertiary/aromatic N) is 3. The number of anilines is 6. The van der Waals surface area contributed by atoms with E-state index in [4.69, 9.17) is 0 Å². The molecule has 9 aromatic rings. The zero-order chi connectivity index (χ0) is 46.0. The van der Waals surface area contributed by atoms with E-state index in [0.717, 1.165) is 80.9 Å². The highest BCUT2D eigenvalue weighted by Gasteiger charge is 2.22. The smallest absolute Gasteiger partial charge is 0.100 e. The van der Waals surface area contributed by atoms with Crippen molar-refractivity contribution in [2.45, 2.75) is 65.2 Å². The maximum atomic E-state index is 10.6. The summed E-state index contributed by atoms with van der Waals surface area (Å²) in [6.45, 7) is 4.29. The van der Waals surface area contributed by atoms with Gasteiger partial charge in [0.1, 0.15) is 6.07 Å². The second-order valence-electron chi connectivity index (χ2n) is 18.8. The quantitative estimate of drug-likeness (QED) is 0.101. The van der Waals surface area contributed by atoms with Crippen LogP contribution in [0, 0.1) is 25.2 Å². The lowest BCUT2D eigenvalue weighted by Gasteiger charge is -2.30. The van der Waals surface area contributed by atoms with Crippen molar-refractivity contribution < 1.29 is 0 Å². The van der Waals surface area contributed by atoms with E-state index in [1.54, 1.807) is 0 Å². The number of hydrogen-bond acceptors (Lipinski definition) is 3. The number of nitriles is 1. The largest absolute Gasteiger partial charge is 0.310 e. The third kappa shape index (κ3) is 8.63. The third-order valence-corrected chi connectivity index (χ3v) is 14.2. The van der Waals surface area contributed by atoms with Crippen LogP contribution in [0.15, 0.2) is 176 Å². The zero-order valence-electron chi connectivity index (χ0n) is 39.1. The molecule has 2 aliphatic carbocycles. The maximum absolute atomic E-state index is 10.6. The lowest BCUT2D eigenvalue weighted by atomic mass is 9.90. The minimum Gasteiger partial charge on any atom is -0.310 e. The standard InChI is InChI=1S/C65H55N3/c1-45-17-32-55(33-18-45)67(64-15-7-11-51-9-3-5-13-60(51)64)57-36-26-47(27-37-57)21-23-49-30-40-59-54(41-49)43-53-31-25-50(42-62(53)63(59)44-66)24-22-48-28-38-58(39-29-48)68(56-34-19-46(2)20-35-56)65-16-8-12-52-10-4-6-14-61(52)65/h7-8,11-12,15-43H,3-6,9-10,13-14H2,1-2H3. The minimum absolute atomic E-state index is 0.709. The SMILES string of the molecule is Cc1ccc(N(c2ccc(C=Cc3ccc4c(C#N)c5cc(C=Cc6ccc(N(c7ccc(C)cc7)c7cccc8c7CCCC8)cc6)ccc5cc4c3)cc2)c2cccc3c2CCCC3)cc1. The summed E-state index contributed by atoms with van der Waals surface area (Å²) in [5.74, 6) is 0. The molecule has 330 valence electrons. The van der Waals surface area contributed by atoms with E-state index in [9.17, 15) is 5.26 Å². The summed E-state index contributed by atoms with van der Waals surface area (Å²) in [5, 5.41) is 14.6. The minimum atomic E-state index is 0.709. The highest BCUT2D eigenvalue weighted by Crippen LogP contribution is 2.42. The normalized spacial score (nSPS) is 13.4. The molecule has 0 fully saturated rings. The van der Waals surface area contributed by atoms with Gasteiger partial charge in [-0.3, -0.25) is 0 Å². The van der Waals surface area contributed by atoms with E-state index >= 15 is 0 Å². The van der Waals surface area contributed by atoms with Crippen LogP contribution in [0.4, 0.5) is 34.1 Å². The van der Waals surface area contributed by atoms with Gasteiger partial charge in [0.15, 0.2) is 0 Å². The fourth-order valence-corrected chi connectivity index (χ4v) is 10.5. The van der Waals surface area contributed by atoms with Gasteiger partial charge < -0.3 is 9.80 Å². The molecule has 68 heavy (non-hydrogen) atoms. The maximum Gasteiger partial charge on any atom is 0.100 e. The van der Waals surface area contributed by atoms with Crippen molar-refractivity contribution in [3.63, 3.8) is 0 Å². The Kier molecular flexibility index (Phi) is 11.8. The molecule has 0 aliphatic heterocycles. The Labute approximate surface area is 401 Å². The molecular formula is C65H55N3. The van der Waals surface area contributed by atoms with Gasteiger partial charge in [-0.25, -0.2) is 0 Å². The van der Waals surface area contributed by atoms with Gasteiger partial charge >= 0.3 is 0 Å². The Balaban J connectivity index is 0.830. The average Bonchev–Trinajstić information content (AvgIpc) is 3.38. The van der Waals surface area contributed by atoms with Crippen LogP contribution in [0.25, 0.3) is 45.8 Å². The van der Waals surface area contributed by atoms with Crippen LogP contribution in [0.2, 0.25) is 0 Å². The second-order valence-corrected chi connectivity index (χ2v) is 18.8. The number of benzene rings is 9. The van der Waals surface area contributed by atoms with Gasteiger partial charge in [0.05, 0.1) is 5.56 Å². The molecule has 0 aromatic heterocycles. The van der Waals surface area contributed by atoms with Gasteiger partial charge in [-0.15, -0.1) is 0 Å². The lowest BCUT2D eigenvalue weighted by Crippen LogP contribution is -2.15. The van der Waals surface area contributed by atoms with Crippen molar-refractivity contribution in [3.8, 4) is 6.07 Å². The first-order chi connectivity index (χ1) is 33.5. The Morgan fingerprint density at radius 1 is 0.397 bits per heavy atom. The van der Waals surface area contributed by atoms with Gasteiger partial charge in [-0.2, -0.15) is 5.26 Å². The van der Waals surface area contributed by atoms with E-state index in [1.165, 1.54) is 81.8 Å². The molecule has 0 spiro atoms. The second kappa shape index (κ2) is 18.8. The van der Waals surface area contributed by atoms with Gasteiger partial charge in [0, 0.05) is 44.9 Å². The summed E-state index contributed by atoms with van der Waals surface area (Å²) in [6.07, 6.45) is 18.2. The average molecular weight is 878 g/mol. The summed E-state index contributed by atoms with van der Waals surface area (Å²) in [7, 11) is 0. The molecule has 0 atom stereocenters. The van der Waals surface area contributed by atoms with Crippen LogP contribution in [0.3, 0.4) is 0 Å². The van der Waals surface area contributed by atoms with Crippen molar-refractivity contribution in [3.05, 3.63) is 237 Å². The third-order valence-electron chi connectivity index (χ3n) is 14.2. The predicted molar refractivity (Wildman–Crippen MR) is 289 cm³/mol. The summed E-state index contributed by atoms with van der Waals surface area (Å²) in [4.78, 5) is 4.84. The topological polar surface area (TPSA) is 30.3 Å². The van der Waals surface area contributed by atoms with Gasteiger partial charge in [-0.1, -0.05) is 132 Å². The van der Waals surface area contributed by atoms with Crippen molar-refractivity contribution >= 4 is 80.0 Å². The summed E-state index contributed by atoms with van der Waals surface area (Å²) < 4.78 is 0. The summed E-state index contributed by atoms with van der Waals surface area (Å²) in [6, 6.07) is 66.8. The fraction of sp³-hybridized carbons (Fsp3) is 0.154. The monoisotopic (exact) mass is 877 g/mol. The molecule has 2 aliphatic rings. The number of hydrogen-bond donors (Lipinski definition) is 0. The molecule has 11 rings (SSSR count). The molecule has 0 amide bonds. The Bertz CT molecular complexity index is 3400. The van der Waals surface area contributed by atoms with Crippen molar-refractivity contribution in [1.29, 1.82) is 5.26 Å². The predicted octanol–water partition coefficient (Wildman–Crippen LogP) is 17.5. The molecule has 0 saturated carbocycles. The molecule has 0 bridgehead atoms. The number of fused-ring (bicyclic) bond motifs is 4. The Hall–Kier alpha value is -7.93. The highest BCUT2D eigenvalue weighted by atomic mass is 15.1. The van der Waals surface area contributed by atoms with Crippen LogP contribution in [0.5, 0.6) is 0 Å². The Morgan fingerprint density at radius 2 is 0.824 bits per heavy atom. The molecule has 0 saturated heterocycles. The molecular weight excluding hydrogens is 823 g/mol. The first-order valence-corrected chi connectivity index (χ1v) is 24.4. The van der Waals surface area contributed by atoms with E-state index < -0.39 is 0 Å². The van der Waals surface area contributed by atoms with Crippen LogP contribution in [-0.2, 0) is 25.7 Å². The molecule has 9 aromatic carbocycles. The van der Waals surface area contributed by atoms with Crippen LogP contribution >= 0.6 is 0 Å². The van der Waals surface area contributed by atoms with E-state index in [-0.39, 0.29) is 0 Å².